The average molecular weight is 430 g/mol. The third kappa shape index (κ3) is 3.35. The van der Waals surface area contributed by atoms with Gasteiger partial charge < -0.3 is 10.2 Å². The van der Waals surface area contributed by atoms with Crippen LogP contribution < -0.4 is 0 Å². The van der Waals surface area contributed by atoms with Gasteiger partial charge in [-0.2, -0.15) is 0 Å². The Balaban J connectivity index is 1.94. The van der Waals surface area contributed by atoms with Gasteiger partial charge in [-0.1, -0.05) is 30.9 Å². The Labute approximate surface area is 177 Å². The summed E-state index contributed by atoms with van der Waals surface area (Å²) < 4.78 is 16.4. The largest absolute Gasteiger partial charge is 0.505 e. The van der Waals surface area contributed by atoms with Gasteiger partial charge >= 0.3 is 5.97 Å². The number of aromatic hydroxyl groups is 1. The molecule has 0 radical (unpaired) electrons. The quantitative estimate of drug-likeness (QED) is 0.561. The molecule has 1 unspecified atom stereocenters. The van der Waals surface area contributed by atoms with E-state index in [1.54, 1.807) is 31.2 Å². The maximum absolute atomic E-state index is 15.0. The van der Waals surface area contributed by atoms with E-state index in [0.717, 1.165) is 19.3 Å². The highest BCUT2D eigenvalue weighted by Gasteiger charge is 2.34. The molecule has 0 spiro atoms. The average Bonchev–Trinajstić information content (AvgIpc) is 2.96. The Morgan fingerprint density at radius 1 is 1.20 bits per heavy atom. The second-order valence-corrected chi connectivity index (χ2v) is 8.30. The van der Waals surface area contributed by atoms with Crippen molar-refractivity contribution in [2.45, 2.75) is 38.5 Å². The van der Waals surface area contributed by atoms with E-state index < -0.39 is 29.4 Å². The molecule has 1 fully saturated rings. The van der Waals surface area contributed by atoms with Gasteiger partial charge in [-0.25, -0.2) is 4.39 Å². The summed E-state index contributed by atoms with van der Waals surface area (Å²) in [6.45, 7) is 1.62. The molecule has 5 nitrogen and oxygen atoms in total. The lowest BCUT2D eigenvalue weighted by Crippen LogP contribution is -2.21. The van der Waals surface area contributed by atoms with Crippen molar-refractivity contribution in [1.82, 2.24) is 4.57 Å². The van der Waals surface area contributed by atoms with Gasteiger partial charge in [0.15, 0.2) is 11.6 Å². The zero-order chi connectivity index (χ0) is 21.6. The molecular formula is C23H21ClFNO4. The predicted octanol–water partition coefficient (Wildman–Crippen LogP) is 5.49. The molecule has 2 aromatic carbocycles. The fourth-order valence-electron chi connectivity index (χ4n) is 4.29. The van der Waals surface area contributed by atoms with Crippen LogP contribution in [0, 0.1) is 18.7 Å². The molecule has 1 saturated carbocycles. The molecule has 0 saturated heterocycles. The molecule has 1 atom stereocenters. The van der Waals surface area contributed by atoms with Crippen LogP contribution in [0.25, 0.3) is 10.9 Å². The van der Waals surface area contributed by atoms with Crippen molar-refractivity contribution in [2.24, 2.45) is 5.92 Å². The van der Waals surface area contributed by atoms with Crippen molar-refractivity contribution < 1.29 is 24.2 Å². The molecule has 4 rings (SSSR count). The minimum absolute atomic E-state index is 0.0125. The van der Waals surface area contributed by atoms with E-state index in [1.807, 2.05) is 0 Å². The third-order valence-corrected chi connectivity index (χ3v) is 6.32. The molecule has 0 amide bonds. The summed E-state index contributed by atoms with van der Waals surface area (Å²) in [5.41, 5.74) is 1.18. The smallest absolute Gasteiger partial charge is 0.311 e. The van der Waals surface area contributed by atoms with Crippen LogP contribution in [-0.2, 0) is 4.79 Å². The highest BCUT2D eigenvalue weighted by Crippen LogP contribution is 2.42. The van der Waals surface area contributed by atoms with Gasteiger partial charge in [0.05, 0.1) is 11.4 Å². The topological polar surface area (TPSA) is 79.5 Å². The number of carbonyl (C=O) groups excluding carboxylic acids is 1. The Kier molecular flexibility index (Phi) is 5.28. The van der Waals surface area contributed by atoms with Crippen molar-refractivity contribution in [3.8, 4) is 5.75 Å². The van der Waals surface area contributed by atoms with Crippen LogP contribution in [0.15, 0.2) is 36.4 Å². The fraction of sp³-hybridized carbons (Fsp3) is 0.304. The number of fused-ring (bicyclic) bond motifs is 1. The van der Waals surface area contributed by atoms with Crippen molar-refractivity contribution in [3.05, 3.63) is 64.1 Å². The van der Waals surface area contributed by atoms with E-state index >= 15 is 4.39 Å². The van der Waals surface area contributed by atoms with Crippen LogP contribution in [0.1, 0.15) is 53.2 Å². The molecule has 1 aliphatic carbocycles. The molecule has 156 valence electrons. The summed E-state index contributed by atoms with van der Waals surface area (Å²) in [4.78, 5) is 25.4. The van der Waals surface area contributed by atoms with Crippen LogP contribution >= 0.6 is 11.6 Å². The maximum atomic E-state index is 15.0. The minimum Gasteiger partial charge on any atom is -0.505 e. The van der Waals surface area contributed by atoms with Crippen molar-refractivity contribution in [1.29, 1.82) is 0 Å². The first-order chi connectivity index (χ1) is 14.3. The third-order valence-electron chi connectivity index (χ3n) is 6.07. The summed E-state index contributed by atoms with van der Waals surface area (Å²) in [6, 6.07) is 8.92. The molecule has 30 heavy (non-hydrogen) atoms. The van der Waals surface area contributed by atoms with Gasteiger partial charge in [-0.05, 0) is 61.2 Å². The number of hydrogen-bond donors (Lipinski definition) is 2. The van der Waals surface area contributed by atoms with Crippen LogP contribution in [0.5, 0.6) is 5.75 Å². The predicted molar refractivity (Wildman–Crippen MR) is 112 cm³/mol. The molecule has 1 aromatic heterocycles. The molecule has 7 heteroatoms. The maximum Gasteiger partial charge on any atom is 0.311 e. The Morgan fingerprint density at radius 3 is 2.43 bits per heavy atom. The Morgan fingerprint density at radius 2 is 1.87 bits per heavy atom. The van der Waals surface area contributed by atoms with E-state index in [2.05, 4.69) is 0 Å². The molecule has 2 N–H and O–H groups in total. The number of phenols is 1. The number of aliphatic carboxylic acids is 1. The zero-order valence-corrected chi connectivity index (χ0v) is 17.1. The van der Waals surface area contributed by atoms with Gasteiger partial charge in [-0.15, -0.1) is 0 Å². The lowest BCUT2D eigenvalue weighted by Gasteiger charge is -2.28. The van der Waals surface area contributed by atoms with E-state index in [4.69, 9.17) is 11.6 Å². The van der Waals surface area contributed by atoms with Crippen molar-refractivity contribution in [2.75, 3.05) is 0 Å². The van der Waals surface area contributed by atoms with Crippen molar-refractivity contribution >= 4 is 34.4 Å². The normalized spacial score (nSPS) is 15.2. The summed E-state index contributed by atoms with van der Waals surface area (Å²) in [7, 11) is 0. The van der Waals surface area contributed by atoms with Gasteiger partial charge in [0.25, 0.3) is 5.91 Å². The van der Waals surface area contributed by atoms with Gasteiger partial charge in [-0.3, -0.25) is 14.2 Å². The first-order valence-electron chi connectivity index (χ1n) is 9.85. The number of nitrogens with zero attached hydrogens (tertiary/aromatic N) is 1. The second-order valence-electron chi connectivity index (χ2n) is 7.86. The first-order valence-corrected chi connectivity index (χ1v) is 10.2. The number of phenolic OH excluding ortho intramolecular Hbond substituents is 1. The molecular weight excluding hydrogens is 409 g/mol. The Hall–Kier alpha value is -2.86. The lowest BCUT2D eigenvalue weighted by molar-refractivity contribution is -0.139. The van der Waals surface area contributed by atoms with Gasteiger partial charge in [0, 0.05) is 21.7 Å². The number of carboxylic acid groups (broad SMARTS) is 1. The molecule has 1 aliphatic rings. The second kappa shape index (κ2) is 7.76. The number of halogens is 2. The summed E-state index contributed by atoms with van der Waals surface area (Å²) in [5.74, 6) is -3.67. The van der Waals surface area contributed by atoms with Crippen LogP contribution in [0.2, 0.25) is 5.02 Å². The van der Waals surface area contributed by atoms with E-state index in [0.29, 0.717) is 22.7 Å². The summed E-state index contributed by atoms with van der Waals surface area (Å²) in [6.07, 6.45) is 3.32. The summed E-state index contributed by atoms with van der Waals surface area (Å²) >= 11 is 5.91. The van der Waals surface area contributed by atoms with E-state index in [1.165, 1.54) is 16.7 Å². The standard InChI is InChI=1S/C23H21ClFNO4/c1-12-19(16(23(29)30)11-13-3-2-4-13)20-17(9-10-18(27)21(20)25)26(12)22(28)14-5-7-15(24)8-6-14/h5-10,13,16,27H,2-4,11H2,1H3,(H,29,30). The van der Waals surface area contributed by atoms with Gasteiger partial charge in [0.1, 0.15) is 0 Å². The van der Waals surface area contributed by atoms with Crippen LogP contribution in [-0.4, -0.2) is 26.7 Å². The minimum atomic E-state index is -1.06. The highest BCUT2D eigenvalue weighted by molar-refractivity contribution is 6.30. The number of rotatable bonds is 5. The van der Waals surface area contributed by atoms with Crippen LogP contribution in [0.4, 0.5) is 4.39 Å². The van der Waals surface area contributed by atoms with E-state index in [-0.39, 0.29) is 22.4 Å². The first kappa shape index (κ1) is 20.4. The van der Waals surface area contributed by atoms with Crippen LogP contribution in [0.3, 0.4) is 0 Å². The molecule has 0 bridgehead atoms. The zero-order valence-electron chi connectivity index (χ0n) is 16.4. The number of hydrogen-bond acceptors (Lipinski definition) is 3. The number of carbonyl (C=O) groups is 2. The summed E-state index contributed by atoms with van der Waals surface area (Å²) in [5, 5.41) is 20.4. The van der Waals surface area contributed by atoms with Gasteiger partial charge in [0.2, 0.25) is 0 Å². The molecule has 3 aromatic rings. The monoisotopic (exact) mass is 429 g/mol. The Bertz CT molecular complexity index is 1150. The van der Waals surface area contributed by atoms with Crippen molar-refractivity contribution in [3.63, 3.8) is 0 Å². The molecule has 1 heterocycles. The highest BCUT2D eigenvalue weighted by atomic mass is 35.5. The van der Waals surface area contributed by atoms with E-state index in [9.17, 15) is 19.8 Å². The lowest BCUT2D eigenvalue weighted by atomic mass is 9.76. The number of carboxylic acids is 1. The fourth-order valence-corrected chi connectivity index (χ4v) is 4.42. The molecule has 0 aliphatic heterocycles. The number of aromatic nitrogens is 1. The number of benzene rings is 2. The SMILES string of the molecule is Cc1c(C(CC2CCC2)C(=O)O)c2c(F)c(O)ccc2n1C(=O)c1ccc(Cl)cc1.